The fraction of sp³-hybridized carbons (Fsp3) is 0.211. The summed E-state index contributed by atoms with van der Waals surface area (Å²) in [7, 11) is 3.14. The first-order valence-electron chi connectivity index (χ1n) is 8.15. The lowest BCUT2D eigenvalue weighted by Gasteiger charge is -2.06. The second kappa shape index (κ2) is 8.55. The van der Waals surface area contributed by atoms with Crippen LogP contribution in [0.25, 0.3) is 11.5 Å². The number of methoxy groups -OCH3 is 2. The summed E-state index contributed by atoms with van der Waals surface area (Å²) in [6, 6.07) is 12.5. The summed E-state index contributed by atoms with van der Waals surface area (Å²) in [5.74, 6) is 1.90. The molecule has 0 fully saturated rings. The minimum absolute atomic E-state index is 0.169. The quantitative estimate of drug-likeness (QED) is 0.669. The van der Waals surface area contributed by atoms with E-state index in [2.05, 4.69) is 15.5 Å². The molecule has 0 saturated heterocycles. The zero-order chi connectivity index (χ0) is 19.2. The smallest absolute Gasteiger partial charge is 0.257 e. The van der Waals surface area contributed by atoms with Crippen molar-refractivity contribution in [1.82, 2.24) is 15.5 Å². The van der Waals surface area contributed by atoms with E-state index < -0.39 is 0 Å². The van der Waals surface area contributed by atoms with Crippen LogP contribution in [0.15, 0.2) is 47.0 Å². The van der Waals surface area contributed by atoms with Crippen LogP contribution >= 0.6 is 11.6 Å². The van der Waals surface area contributed by atoms with E-state index in [9.17, 15) is 4.79 Å². The van der Waals surface area contributed by atoms with Crippen molar-refractivity contribution in [2.45, 2.75) is 13.0 Å². The second-order valence-corrected chi connectivity index (χ2v) is 6.07. The number of ether oxygens (including phenoxy) is 2. The lowest BCUT2D eigenvalue weighted by atomic mass is 10.1. The minimum Gasteiger partial charge on any atom is -0.497 e. The van der Waals surface area contributed by atoms with Crippen molar-refractivity contribution < 1.29 is 18.8 Å². The van der Waals surface area contributed by atoms with Crippen molar-refractivity contribution in [2.24, 2.45) is 0 Å². The number of carbonyl (C=O) groups is 1. The van der Waals surface area contributed by atoms with Crippen LogP contribution in [0.1, 0.15) is 11.4 Å². The summed E-state index contributed by atoms with van der Waals surface area (Å²) in [6.45, 7) is 0.169. The molecule has 0 saturated carbocycles. The van der Waals surface area contributed by atoms with E-state index in [1.54, 1.807) is 44.6 Å². The molecule has 3 rings (SSSR count). The Morgan fingerprint density at radius 3 is 2.59 bits per heavy atom. The molecular weight excluding hydrogens is 370 g/mol. The molecule has 1 amide bonds. The largest absolute Gasteiger partial charge is 0.497 e. The van der Waals surface area contributed by atoms with E-state index in [0.29, 0.717) is 22.5 Å². The first kappa shape index (κ1) is 18.7. The number of hydrogen-bond acceptors (Lipinski definition) is 6. The van der Waals surface area contributed by atoms with Crippen LogP contribution in [0, 0.1) is 0 Å². The first-order chi connectivity index (χ1) is 13.1. The lowest BCUT2D eigenvalue weighted by Crippen LogP contribution is -2.25. The van der Waals surface area contributed by atoms with Crippen LogP contribution in [-0.2, 0) is 17.8 Å². The number of halogens is 1. The molecule has 0 radical (unpaired) electrons. The van der Waals surface area contributed by atoms with Gasteiger partial charge in [0.25, 0.3) is 5.89 Å². The number of rotatable bonds is 7. The number of aromatic nitrogens is 2. The molecule has 27 heavy (non-hydrogen) atoms. The standard InChI is InChI=1S/C19H18ClN3O4/c1-25-14-6-4-13(5-7-14)19-22-17(23-27-19)11-21-18(24)10-12-3-8-16(26-2)15(20)9-12/h3-9H,10-11H2,1-2H3,(H,21,24). The molecule has 8 heteroatoms. The average molecular weight is 388 g/mol. The van der Waals surface area contributed by atoms with Crippen molar-refractivity contribution in [3.63, 3.8) is 0 Å². The highest BCUT2D eigenvalue weighted by Crippen LogP contribution is 2.25. The molecule has 0 spiro atoms. The molecule has 3 aromatic rings. The van der Waals surface area contributed by atoms with E-state index in [1.807, 2.05) is 12.1 Å². The predicted octanol–water partition coefficient (Wildman–Crippen LogP) is 3.27. The van der Waals surface area contributed by atoms with Gasteiger partial charge < -0.3 is 19.3 Å². The maximum atomic E-state index is 12.1. The van der Waals surface area contributed by atoms with Gasteiger partial charge >= 0.3 is 0 Å². The van der Waals surface area contributed by atoms with Gasteiger partial charge in [0, 0.05) is 5.56 Å². The van der Waals surface area contributed by atoms with Crippen LogP contribution < -0.4 is 14.8 Å². The molecule has 0 aliphatic heterocycles. The molecule has 1 aromatic heterocycles. The Bertz CT molecular complexity index is 925. The first-order valence-corrected chi connectivity index (χ1v) is 8.53. The van der Waals surface area contributed by atoms with Gasteiger partial charge in [-0.15, -0.1) is 0 Å². The Kier molecular flexibility index (Phi) is 5.93. The molecule has 1 heterocycles. The topological polar surface area (TPSA) is 86.5 Å². The van der Waals surface area contributed by atoms with Gasteiger partial charge in [-0.25, -0.2) is 0 Å². The molecule has 1 N–H and O–H groups in total. The average Bonchev–Trinajstić information content (AvgIpc) is 3.16. The summed E-state index contributed by atoms with van der Waals surface area (Å²) in [5.41, 5.74) is 1.55. The molecule has 140 valence electrons. The van der Waals surface area contributed by atoms with Crippen LogP contribution in [-0.4, -0.2) is 30.3 Å². The third-order valence-electron chi connectivity index (χ3n) is 3.83. The SMILES string of the molecule is COc1ccc(-c2nc(CNC(=O)Cc3ccc(OC)c(Cl)c3)no2)cc1. The fourth-order valence-electron chi connectivity index (χ4n) is 2.42. The van der Waals surface area contributed by atoms with Crippen molar-refractivity contribution >= 4 is 17.5 Å². The third-order valence-corrected chi connectivity index (χ3v) is 4.12. The van der Waals surface area contributed by atoms with Gasteiger partial charge in [0.15, 0.2) is 5.82 Å². The molecule has 0 unspecified atom stereocenters. The zero-order valence-electron chi connectivity index (χ0n) is 14.9. The summed E-state index contributed by atoms with van der Waals surface area (Å²) >= 11 is 6.07. The van der Waals surface area contributed by atoms with E-state index in [-0.39, 0.29) is 18.9 Å². The summed E-state index contributed by atoms with van der Waals surface area (Å²) in [5, 5.41) is 7.10. The van der Waals surface area contributed by atoms with E-state index in [4.69, 9.17) is 25.6 Å². The molecule has 7 nitrogen and oxygen atoms in total. The van der Waals surface area contributed by atoms with Gasteiger partial charge in [-0.3, -0.25) is 4.79 Å². The summed E-state index contributed by atoms with van der Waals surface area (Å²) in [6.07, 6.45) is 0.187. The Labute approximate surface area is 161 Å². The maximum Gasteiger partial charge on any atom is 0.257 e. The molecule has 0 aliphatic carbocycles. The highest BCUT2D eigenvalue weighted by molar-refractivity contribution is 6.32. The number of benzene rings is 2. The third kappa shape index (κ3) is 4.77. The van der Waals surface area contributed by atoms with Gasteiger partial charge in [-0.2, -0.15) is 4.98 Å². The van der Waals surface area contributed by atoms with E-state index >= 15 is 0 Å². The van der Waals surface area contributed by atoms with Gasteiger partial charge in [0.2, 0.25) is 5.91 Å². The van der Waals surface area contributed by atoms with Gasteiger partial charge in [-0.05, 0) is 42.0 Å². The van der Waals surface area contributed by atoms with Gasteiger partial charge in [-0.1, -0.05) is 22.8 Å². The molecular formula is C19H18ClN3O4. The Morgan fingerprint density at radius 1 is 1.15 bits per heavy atom. The fourth-order valence-corrected chi connectivity index (χ4v) is 2.70. The normalized spacial score (nSPS) is 10.5. The number of carbonyl (C=O) groups excluding carboxylic acids is 1. The van der Waals surface area contributed by atoms with Crippen molar-refractivity contribution in [2.75, 3.05) is 14.2 Å². The number of nitrogens with one attached hydrogen (secondary N) is 1. The Balaban J connectivity index is 1.56. The predicted molar refractivity (Wildman–Crippen MR) is 99.8 cm³/mol. The molecule has 0 aliphatic rings. The maximum absolute atomic E-state index is 12.1. The Hall–Kier alpha value is -3.06. The van der Waals surface area contributed by atoms with Gasteiger partial charge in [0.05, 0.1) is 32.2 Å². The van der Waals surface area contributed by atoms with E-state index in [0.717, 1.165) is 16.9 Å². The molecule has 2 aromatic carbocycles. The summed E-state index contributed by atoms with van der Waals surface area (Å²) in [4.78, 5) is 16.4. The zero-order valence-corrected chi connectivity index (χ0v) is 15.6. The second-order valence-electron chi connectivity index (χ2n) is 5.67. The number of hydrogen-bond donors (Lipinski definition) is 1. The van der Waals surface area contributed by atoms with Crippen LogP contribution in [0.4, 0.5) is 0 Å². The minimum atomic E-state index is -0.174. The number of amides is 1. The number of nitrogens with zero attached hydrogens (tertiary/aromatic N) is 2. The monoisotopic (exact) mass is 387 g/mol. The molecule has 0 bridgehead atoms. The highest BCUT2D eigenvalue weighted by atomic mass is 35.5. The highest BCUT2D eigenvalue weighted by Gasteiger charge is 2.11. The van der Waals surface area contributed by atoms with Crippen LogP contribution in [0.2, 0.25) is 5.02 Å². The van der Waals surface area contributed by atoms with Gasteiger partial charge in [0.1, 0.15) is 11.5 Å². The van der Waals surface area contributed by atoms with Crippen molar-refractivity contribution in [1.29, 1.82) is 0 Å². The van der Waals surface area contributed by atoms with Crippen molar-refractivity contribution in [3.8, 4) is 23.0 Å². The lowest BCUT2D eigenvalue weighted by molar-refractivity contribution is -0.120. The van der Waals surface area contributed by atoms with Crippen LogP contribution in [0.5, 0.6) is 11.5 Å². The summed E-state index contributed by atoms with van der Waals surface area (Å²) < 4.78 is 15.4. The Morgan fingerprint density at radius 2 is 1.93 bits per heavy atom. The van der Waals surface area contributed by atoms with Crippen molar-refractivity contribution in [3.05, 3.63) is 58.9 Å². The van der Waals surface area contributed by atoms with Crippen LogP contribution in [0.3, 0.4) is 0 Å². The molecule has 0 atom stereocenters. The van der Waals surface area contributed by atoms with E-state index in [1.165, 1.54) is 0 Å².